The van der Waals surface area contributed by atoms with Crippen LogP contribution in [0.4, 0.5) is 11.4 Å². The lowest BCUT2D eigenvalue weighted by atomic mass is 10.1. The minimum absolute atomic E-state index is 0.196. The van der Waals surface area contributed by atoms with Crippen molar-refractivity contribution in [2.24, 2.45) is 5.92 Å². The fourth-order valence-electron chi connectivity index (χ4n) is 2.21. The van der Waals surface area contributed by atoms with Crippen LogP contribution in [0.2, 0.25) is 0 Å². The maximum atomic E-state index is 11.1. The molecule has 4 nitrogen and oxygen atoms in total. The van der Waals surface area contributed by atoms with Crippen LogP contribution in [0.5, 0.6) is 0 Å². The van der Waals surface area contributed by atoms with E-state index in [2.05, 4.69) is 18.7 Å². The third-order valence-corrected chi connectivity index (χ3v) is 3.17. The Labute approximate surface area is 107 Å². The Balaban J connectivity index is 2.35. The van der Waals surface area contributed by atoms with Gasteiger partial charge < -0.3 is 15.7 Å². The average molecular weight is 248 g/mol. The van der Waals surface area contributed by atoms with Gasteiger partial charge in [-0.1, -0.05) is 19.9 Å². The summed E-state index contributed by atoms with van der Waals surface area (Å²) in [4.78, 5) is 13.4. The Morgan fingerprint density at radius 3 is 2.67 bits per heavy atom. The zero-order chi connectivity index (χ0) is 13.3. The predicted molar refractivity (Wildman–Crippen MR) is 73.0 cm³/mol. The van der Waals surface area contributed by atoms with Crippen molar-refractivity contribution in [1.82, 2.24) is 0 Å². The summed E-state index contributed by atoms with van der Waals surface area (Å²) in [7, 11) is 0. The first-order chi connectivity index (χ1) is 8.50. The van der Waals surface area contributed by atoms with E-state index in [1.54, 1.807) is 12.1 Å². The molecule has 0 aliphatic heterocycles. The van der Waals surface area contributed by atoms with E-state index >= 15 is 0 Å². The van der Waals surface area contributed by atoms with Gasteiger partial charge in [0.25, 0.3) is 0 Å². The molecular weight excluding hydrogens is 228 g/mol. The third kappa shape index (κ3) is 2.58. The van der Waals surface area contributed by atoms with Gasteiger partial charge in [-0.25, -0.2) is 4.79 Å². The number of hydrogen-bond acceptors (Lipinski definition) is 3. The number of anilines is 2. The van der Waals surface area contributed by atoms with Gasteiger partial charge in [0.15, 0.2) is 0 Å². The molecule has 0 radical (unpaired) electrons. The van der Waals surface area contributed by atoms with Crippen LogP contribution in [0, 0.1) is 5.92 Å². The highest BCUT2D eigenvalue weighted by atomic mass is 16.4. The lowest BCUT2D eigenvalue weighted by Gasteiger charge is -2.28. The first-order valence-electron chi connectivity index (χ1n) is 6.39. The van der Waals surface area contributed by atoms with Crippen LogP contribution in [0.3, 0.4) is 0 Å². The lowest BCUT2D eigenvalue weighted by molar-refractivity contribution is 0.0698. The van der Waals surface area contributed by atoms with Gasteiger partial charge in [-0.15, -0.1) is 0 Å². The fourth-order valence-corrected chi connectivity index (χ4v) is 2.21. The van der Waals surface area contributed by atoms with Crippen LogP contribution in [0.25, 0.3) is 0 Å². The molecule has 0 saturated heterocycles. The summed E-state index contributed by atoms with van der Waals surface area (Å²) in [5.74, 6) is -0.437. The number of nitrogens with zero attached hydrogens (tertiary/aromatic N) is 1. The summed E-state index contributed by atoms with van der Waals surface area (Å²) in [5, 5.41) is 9.11. The summed E-state index contributed by atoms with van der Waals surface area (Å²) in [6.45, 7) is 5.23. The molecule has 0 spiro atoms. The molecule has 1 aromatic rings. The van der Waals surface area contributed by atoms with Crippen molar-refractivity contribution in [3.63, 3.8) is 0 Å². The highest BCUT2D eigenvalue weighted by molar-refractivity contribution is 5.97. The number of nitrogen functional groups attached to an aromatic ring is 1. The molecule has 0 atom stereocenters. The number of aromatic carboxylic acids is 1. The summed E-state index contributed by atoms with van der Waals surface area (Å²) >= 11 is 0. The number of rotatable bonds is 5. The van der Waals surface area contributed by atoms with E-state index in [-0.39, 0.29) is 5.56 Å². The molecule has 98 valence electrons. The largest absolute Gasteiger partial charge is 0.478 e. The van der Waals surface area contributed by atoms with Crippen LogP contribution in [0.1, 0.15) is 37.0 Å². The van der Waals surface area contributed by atoms with Gasteiger partial charge in [-0.3, -0.25) is 0 Å². The Morgan fingerprint density at radius 2 is 2.17 bits per heavy atom. The molecule has 1 fully saturated rings. The Morgan fingerprint density at radius 1 is 1.50 bits per heavy atom. The molecule has 0 bridgehead atoms. The van der Waals surface area contributed by atoms with Gasteiger partial charge in [0, 0.05) is 12.6 Å². The molecule has 1 aliphatic rings. The maximum Gasteiger partial charge on any atom is 0.337 e. The quantitative estimate of drug-likeness (QED) is 0.786. The lowest BCUT2D eigenvalue weighted by Crippen LogP contribution is -2.30. The minimum Gasteiger partial charge on any atom is -0.478 e. The summed E-state index contributed by atoms with van der Waals surface area (Å²) in [6.07, 6.45) is 2.34. The van der Waals surface area contributed by atoms with E-state index in [0.29, 0.717) is 17.6 Å². The van der Waals surface area contributed by atoms with Crippen molar-refractivity contribution in [3.8, 4) is 0 Å². The van der Waals surface area contributed by atoms with Gasteiger partial charge in [0.1, 0.15) is 0 Å². The molecule has 0 heterocycles. The van der Waals surface area contributed by atoms with Crippen molar-refractivity contribution in [2.45, 2.75) is 32.7 Å². The second-order valence-electron chi connectivity index (χ2n) is 5.32. The number of nitrogens with two attached hydrogens (primary N) is 1. The van der Waals surface area contributed by atoms with Gasteiger partial charge >= 0.3 is 5.97 Å². The van der Waals surface area contributed by atoms with Crippen molar-refractivity contribution in [1.29, 1.82) is 0 Å². The van der Waals surface area contributed by atoms with Crippen LogP contribution >= 0.6 is 0 Å². The van der Waals surface area contributed by atoms with Crippen molar-refractivity contribution >= 4 is 17.3 Å². The van der Waals surface area contributed by atoms with Crippen LogP contribution in [-0.4, -0.2) is 23.7 Å². The second-order valence-corrected chi connectivity index (χ2v) is 5.32. The highest BCUT2D eigenvalue weighted by Gasteiger charge is 2.31. The van der Waals surface area contributed by atoms with Crippen LogP contribution < -0.4 is 10.6 Å². The molecule has 0 amide bonds. The normalized spacial score (nSPS) is 14.8. The Hall–Kier alpha value is -1.71. The highest BCUT2D eigenvalue weighted by Crippen LogP contribution is 2.36. The summed E-state index contributed by atoms with van der Waals surface area (Å²) < 4.78 is 0. The molecule has 4 heteroatoms. The third-order valence-electron chi connectivity index (χ3n) is 3.17. The van der Waals surface area contributed by atoms with E-state index in [1.807, 2.05) is 6.07 Å². The number of carboxylic acid groups (broad SMARTS) is 1. The van der Waals surface area contributed by atoms with Gasteiger partial charge in [0.2, 0.25) is 0 Å². The number of carboxylic acids is 1. The van der Waals surface area contributed by atoms with Gasteiger partial charge in [-0.05, 0) is 30.9 Å². The maximum absolute atomic E-state index is 11.1. The zero-order valence-corrected chi connectivity index (χ0v) is 10.9. The van der Waals surface area contributed by atoms with Crippen molar-refractivity contribution < 1.29 is 9.90 Å². The summed E-state index contributed by atoms with van der Waals surface area (Å²) in [5.41, 5.74) is 7.45. The number of hydrogen-bond donors (Lipinski definition) is 2. The smallest absolute Gasteiger partial charge is 0.337 e. The molecule has 18 heavy (non-hydrogen) atoms. The van der Waals surface area contributed by atoms with E-state index < -0.39 is 5.97 Å². The Bertz CT molecular complexity index is 453. The van der Waals surface area contributed by atoms with E-state index in [9.17, 15) is 4.79 Å². The second kappa shape index (κ2) is 4.88. The zero-order valence-electron chi connectivity index (χ0n) is 10.9. The minimum atomic E-state index is -0.963. The van der Waals surface area contributed by atoms with E-state index in [1.165, 1.54) is 12.8 Å². The topological polar surface area (TPSA) is 66.6 Å². The summed E-state index contributed by atoms with van der Waals surface area (Å²) in [6, 6.07) is 5.77. The monoisotopic (exact) mass is 248 g/mol. The van der Waals surface area contributed by atoms with Crippen LogP contribution in [0.15, 0.2) is 18.2 Å². The molecular formula is C14H20N2O2. The van der Waals surface area contributed by atoms with Crippen molar-refractivity contribution in [3.05, 3.63) is 23.8 Å². The number of para-hydroxylation sites is 1. The van der Waals surface area contributed by atoms with Gasteiger partial charge in [-0.2, -0.15) is 0 Å². The van der Waals surface area contributed by atoms with E-state index in [4.69, 9.17) is 10.8 Å². The number of carbonyl (C=O) groups is 1. The SMILES string of the molecule is CC(C)CN(c1cccc(C(=O)O)c1N)C1CC1. The molecule has 1 aliphatic carbocycles. The standard InChI is InChI=1S/C14H20N2O2/c1-9(2)8-16(10-6-7-10)12-5-3-4-11(13(12)15)14(17)18/h3-5,9-10H,6-8,15H2,1-2H3,(H,17,18). The van der Waals surface area contributed by atoms with Gasteiger partial charge in [0.05, 0.1) is 16.9 Å². The average Bonchev–Trinajstić information content (AvgIpc) is 3.09. The number of benzene rings is 1. The molecule has 1 aromatic carbocycles. The Kier molecular flexibility index (Phi) is 3.45. The first-order valence-corrected chi connectivity index (χ1v) is 6.39. The molecule has 0 unspecified atom stereocenters. The molecule has 0 aromatic heterocycles. The van der Waals surface area contributed by atoms with Crippen molar-refractivity contribution in [2.75, 3.05) is 17.2 Å². The molecule has 3 N–H and O–H groups in total. The van der Waals surface area contributed by atoms with Crippen LogP contribution in [-0.2, 0) is 0 Å². The first kappa shape index (κ1) is 12.7. The molecule has 2 rings (SSSR count). The molecule has 1 saturated carbocycles. The fraction of sp³-hybridized carbons (Fsp3) is 0.500. The predicted octanol–water partition coefficient (Wildman–Crippen LogP) is 2.59. The van der Waals surface area contributed by atoms with E-state index in [0.717, 1.165) is 12.2 Å².